The van der Waals surface area contributed by atoms with Crippen molar-refractivity contribution in [2.75, 3.05) is 23.3 Å². The fourth-order valence-corrected chi connectivity index (χ4v) is 2.31. The molecule has 0 N–H and O–H groups in total. The van der Waals surface area contributed by atoms with Crippen molar-refractivity contribution in [2.45, 2.75) is 33.7 Å². The lowest BCUT2D eigenvalue weighted by atomic mass is 10.2. The molecule has 0 saturated heterocycles. The van der Waals surface area contributed by atoms with Crippen LogP contribution >= 0.6 is 15.9 Å². The van der Waals surface area contributed by atoms with Crippen molar-refractivity contribution in [2.24, 2.45) is 5.92 Å². The Hall–Kier alpha value is -0.840. The van der Waals surface area contributed by atoms with Crippen LogP contribution in [0.3, 0.4) is 0 Å². The van der Waals surface area contributed by atoms with Gasteiger partial charge < -0.3 is 9.47 Å². The van der Waals surface area contributed by atoms with Gasteiger partial charge in [0.05, 0.1) is 0 Å². The summed E-state index contributed by atoms with van der Waals surface area (Å²) < 4.78 is 1.75. The van der Waals surface area contributed by atoms with E-state index in [4.69, 9.17) is 0 Å². The van der Waals surface area contributed by atoms with Crippen LogP contribution in [0.4, 0.5) is 5.82 Å². The fourth-order valence-electron chi connectivity index (χ4n) is 1.89. The molecule has 0 atom stereocenters. The van der Waals surface area contributed by atoms with E-state index in [0.717, 1.165) is 31.4 Å². The first-order chi connectivity index (χ1) is 8.60. The van der Waals surface area contributed by atoms with E-state index in [1.165, 1.54) is 0 Å². The number of halogens is 1. The quantitative estimate of drug-likeness (QED) is 0.726. The lowest BCUT2D eigenvalue weighted by Gasteiger charge is -2.22. The minimum absolute atomic E-state index is 0.0144. The maximum Gasteiger partial charge on any atom is 0.293 e. The van der Waals surface area contributed by atoms with Crippen molar-refractivity contribution < 1.29 is 0 Å². The molecule has 1 aromatic rings. The van der Waals surface area contributed by atoms with Crippen LogP contribution in [-0.4, -0.2) is 28.0 Å². The molecule has 0 bridgehead atoms. The standard InChI is InChI=1S/C13H22BrN3O/c1-4-7-16(8-5-14)12-13(18)17(9-6-15-12)10-11(2)3/h6,9,11H,4-5,7-8,10H2,1-3H3. The minimum Gasteiger partial charge on any atom is -0.351 e. The van der Waals surface area contributed by atoms with Gasteiger partial charge in [0.2, 0.25) is 0 Å². The molecule has 0 unspecified atom stereocenters. The van der Waals surface area contributed by atoms with Gasteiger partial charge in [-0.25, -0.2) is 4.98 Å². The van der Waals surface area contributed by atoms with Crippen LogP contribution in [0.25, 0.3) is 0 Å². The van der Waals surface area contributed by atoms with Crippen LogP contribution in [0, 0.1) is 5.92 Å². The summed E-state index contributed by atoms with van der Waals surface area (Å²) in [6.45, 7) is 8.73. The van der Waals surface area contributed by atoms with Crippen LogP contribution in [-0.2, 0) is 6.54 Å². The molecular weight excluding hydrogens is 294 g/mol. The Morgan fingerprint density at radius 2 is 2.17 bits per heavy atom. The second kappa shape index (κ2) is 7.56. The second-order valence-electron chi connectivity index (χ2n) is 4.78. The molecule has 5 heteroatoms. The summed E-state index contributed by atoms with van der Waals surface area (Å²) in [5, 5.41) is 0.840. The number of anilines is 1. The maximum absolute atomic E-state index is 12.3. The van der Waals surface area contributed by atoms with Crippen LogP contribution in [0.1, 0.15) is 27.2 Å². The van der Waals surface area contributed by atoms with Gasteiger partial charge >= 0.3 is 0 Å². The normalized spacial score (nSPS) is 10.9. The Balaban J connectivity index is 3.03. The van der Waals surface area contributed by atoms with Gasteiger partial charge in [-0.3, -0.25) is 4.79 Å². The molecule has 0 aliphatic carbocycles. The highest BCUT2D eigenvalue weighted by molar-refractivity contribution is 9.09. The largest absolute Gasteiger partial charge is 0.351 e. The van der Waals surface area contributed by atoms with Crippen molar-refractivity contribution in [3.05, 3.63) is 22.7 Å². The van der Waals surface area contributed by atoms with Crippen LogP contribution < -0.4 is 10.5 Å². The monoisotopic (exact) mass is 315 g/mol. The highest BCUT2D eigenvalue weighted by atomic mass is 79.9. The highest BCUT2D eigenvalue weighted by Crippen LogP contribution is 2.06. The van der Waals surface area contributed by atoms with Gasteiger partial charge in [0, 0.05) is 37.4 Å². The SMILES string of the molecule is CCCN(CCBr)c1nccn(CC(C)C)c1=O. The highest BCUT2D eigenvalue weighted by Gasteiger charge is 2.12. The first-order valence-electron chi connectivity index (χ1n) is 6.46. The van der Waals surface area contributed by atoms with Crippen molar-refractivity contribution in [3.8, 4) is 0 Å². The molecular formula is C13H22BrN3O. The molecule has 0 radical (unpaired) electrons. The number of aromatic nitrogens is 2. The summed E-state index contributed by atoms with van der Waals surface area (Å²) in [7, 11) is 0. The molecule has 0 spiro atoms. The summed E-state index contributed by atoms with van der Waals surface area (Å²) in [6, 6.07) is 0. The Kier molecular flexibility index (Phi) is 6.39. The maximum atomic E-state index is 12.3. The van der Waals surface area contributed by atoms with Crippen molar-refractivity contribution in [1.29, 1.82) is 0 Å². The second-order valence-corrected chi connectivity index (χ2v) is 5.57. The molecule has 102 valence electrons. The fraction of sp³-hybridized carbons (Fsp3) is 0.692. The zero-order valence-electron chi connectivity index (χ0n) is 11.4. The van der Waals surface area contributed by atoms with Crippen LogP contribution in [0.5, 0.6) is 0 Å². The summed E-state index contributed by atoms with van der Waals surface area (Å²) >= 11 is 3.42. The number of nitrogens with zero attached hydrogens (tertiary/aromatic N) is 3. The van der Waals surface area contributed by atoms with E-state index in [2.05, 4.69) is 41.7 Å². The molecule has 0 aliphatic heterocycles. The molecule has 0 aliphatic rings. The first kappa shape index (κ1) is 15.2. The molecule has 0 amide bonds. The number of rotatable bonds is 7. The molecule has 18 heavy (non-hydrogen) atoms. The third-order valence-corrected chi connectivity index (χ3v) is 2.96. The zero-order valence-corrected chi connectivity index (χ0v) is 13.0. The van der Waals surface area contributed by atoms with Crippen molar-refractivity contribution in [1.82, 2.24) is 9.55 Å². The molecule has 1 heterocycles. The van der Waals surface area contributed by atoms with E-state index >= 15 is 0 Å². The third kappa shape index (κ3) is 4.12. The first-order valence-corrected chi connectivity index (χ1v) is 7.58. The van der Waals surface area contributed by atoms with Gasteiger partial charge in [0.1, 0.15) is 0 Å². The molecule has 1 rings (SSSR count). The van der Waals surface area contributed by atoms with E-state index in [0.29, 0.717) is 11.7 Å². The number of hydrogen-bond acceptors (Lipinski definition) is 3. The molecule has 4 nitrogen and oxygen atoms in total. The van der Waals surface area contributed by atoms with Crippen LogP contribution in [0.2, 0.25) is 0 Å². The number of alkyl halides is 1. The van der Waals surface area contributed by atoms with E-state index in [-0.39, 0.29) is 5.56 Å². The lowest BCUT2D eigenvalue weighted by Crippen LogP contribution is -2.35. The Bertz CT molecular complexity index is 411. The predicted octanol–water partition coefficient (Wildman–Crippen LogP) is 2.51. The topological polar surface area (TPSA) is 38.1 Å². The summed E-state index contributed by atoms with van der Waals surface area (Å²) in [6.07, 6.45) is 4.49. The molecule has 0 fully saturated rings. The summed E-state index contributed by atoms with van der Waals surface area (Å²) in [5.74, 6) is 1.02. The third-order valence-electron chi connectivity index (χ3n) is 2.60. The van der Waals surface area contributed by atoms with Gasteiger partial charge in [-0.2, -0.15) is 0 Å². The van der Waals surface area contributed by atoms with E-state index in [9.17, 15) is 4.79 Å². The average molecular weight is 316 g/mol. The summed E-state index contributed by atoms with van der Waals surface area (Å²) in [5.41, 5.74) is 0.0144. The Labute approximate surface area is 117 Å². The van der Waals surface area contributed by atoms with Crippen molar-refractivity contribution in [3.63, 3.8) is 0 Å². The van der Waals surface area contributed by atoms with Gasteiger partial charge in [0.15, 0.2) is 5.82 Å². The Morgan fingerprint density at radius 1 is 1.44 bits per heavy atom. The van der Waals surface area contributed by atoms with E-state index in [1.807, 2.05) is 4.90 Å². The molecule has 0 aromatic carbocycles. The number of hydrogen-bond donors (Lipinski definition) is 0. The summed E-state index contributed by atoms with van der Waals surface area (Å²) in [4.78, 5) is 18.6. The lowest BCUT2D eigenvalue weighted by molar-refractivity contribution is 0.508. The van der Waals surface area contributed by atoms with E-state index < -0.39 is 0 Å². The van der Waals surface area contributed by atoms with Gasteiger partial charge in [0.25, 0.3) is 5.56 Å². The average Bonchev–Trinajstić information content (AvgIpc) is 2.31. The van der Waals surface area contributed by atoms with Gasteiger partial charge in [-0.15, -0.1) is 0 Å². The van der Waals surface area contributed by atoms with E-state index in [1.54, 1.807) is 17.0 Å². The van der Waals surface area contributed by atoms with Crippen molar-refractivity contribution >= 4 is 21.7 Å². The van der Waals surface area contributed by atoms with Gasteiger partial charge in [-0.05, 0) is 12.3 Å². The minimum atomic E-state index is 0.0144. The predicted molar refractivity (Wildman–Crippen MR) is 79.6 cm³/mol. The zero-order chi connectivity index (χ0) is 13.5. The smallest absolute Gasteiger partial charge is 0.293 e. The van der Waals surface area contributed by atoms with Gasteiger partial charge in [-0.1, -0.05) is 36.7 Å². The Morgan fingerprint density at radius 3 is 2.72 bits per heavy atom. The van der Waals surface area contributed by atoms with Crippen LogP contribution in [0.15, 0.2) is 17.2 Å². The molecule has 1 aromatic heterocycles. The molecule has 0 saturated carbocycles.